The number of ether oxygens (including phenoxy) is 1. The van der Waals surface area contributed by atoms with Crippen LogP contribution in [0.25, 0.3) is 0 Å². The lowest BCUT2D eigenvalue weighted by Crippen LogP contribution is -2.18. The molecule has 6 nitrogen and oxygen atoms in total. The van der Waals surface area contributed by atoms with Gasteiger partial charge in [-0.15, -0.1) is 11.8 Å². The van der Waals surface area contributed by atoms with Crippen molar-refractivity contribution in [3.63, 3.8) is 0 Å². The number of hydrogen-bond acceptors (Lipinski definition) is 5. The number of carbonyl (C=O) groups excluding carboxylic acids is 3. The highest BCUT2D eigenvalue weighted by atomic mass is 32.2. The van der Waals surface area contributed by atoms with E-state index in [0.29, 0.717) is 17.9 Å². The van der Waals surface area contributed by atoms with E-state index < -0.39 is 0 Å². The van der Waals surface area contributed by atoms with Crippen molar-refractivity contribution >= 4 is 40.9 Å². The molecular formula is C21H24N2O4S. The molecule has 0 spiro atoms. The number of rotatable bonds is 9. The molecule has 0 heterocycles. The van der Waals surface area contributed by atoms with Crippen LogP contribution in [0, 0.1) is 6.92 Å². The maximum atomic E-state index is 12.0. The van der Waals surface area contributed by atoms with Gasteiger partial charge in [0.25, 0.3) is 0 Å². The van der Waals surface area contributed by atoms with Crippen LogP contribution in [0.15, 0.2) is 48.5 Å². The zero-order chi connectivity index (χ0) is 20.4. The Hall–Kier alpha value is -2.80. The number of thioether (sulfide) groups is 1. The maximum Gasteiger partial charge on any atom is 0.338 e. The third-order valence-corrected chi connectivity index (χ3v) is 4.58. The molecule has 2 amide bonds. The number of benzene rings is 2. The Labute approximate surface area is 169 Å². The number of nitrogens with one attached hydrogen (secondary N) is 2. The van der Waals surface area contributed by atoms with Crippen molar-refractivity contribution in [3.8, 4) is 0 Å². The predicted octanol–water partition coefficient (Wildman–Crippen LogP) is 3.87. The minimum atomic E-state index is -0.380. The molecule has 0 unspecified atom stereocenters. The minimum absolute atomic E-state index is 0.154. The van der Waals surface area contributed by atoms with Crippen LogP contribution in [-0.2, 0) is 14.3 Å². The summed E-state index contributed by atoms with van der Waals surface area (Å²) >= 11 is 1.23. The SMILES string of the molecule is CCCOC(=O)c1ccc(NC(=O)CSCC(=O)Nc2ccc(C)cc2)cc1. The van der Waals surface area contributed by atoms with Crippen LogP contribution in [0.4, 0.5) is 11.4 Å². The van der Waals surface area contributed by atoms with Crippen LogP contribution in [0.1, 0.15) is 29.3 Å². The topological polar surface area (TPSA) is 84.5 Å². The number of anilines is 2. The van der Waals surface area contributed by atoms with Gasteiger partial charge in [-0.1, -0.05) is 24.6 Å². The Kier molecular flexibility index (Phi) is 8.55. The van der Waals surface area contributed by atoms with Crippen molar-refractivity contribution in [1.29, 1.82) is 0 Å². The summed E-state index contributed by atoms with van der Waals surface area (Å²) in [5.41, 5.74) is 2.88. The summed E-state index contributed by atoms with van der Waals surface area (Å²) in [6, 6.07) is 14.0. The van der Waals surface area contributed by atoms with E-state index in [-0.39, 0.29) is 29.3 Å². The molecule has 148 valence electrons. The summed E-state index contributed by atoms with van der Waals surface area (Å²) in [5.74, 6) is -0.411. The van der Waals surface area contributed by atoms with E-state index in [2.05, 4.69) is 10.6 Å². The van der Waals surface area contributed by atoms with Crippen LogP contribution in [0.2, 0.25) is 0 Å². The normalized spacial score (nSPS) is 10.2. The second kappa shape index (κ2) is 11.1. The molecular weight excluding hydrogens is 376 g/mol. The standard InChI is InChI=1S/C21H24N2O4S/c1-3-12-27-21(26)16-6-10-18(11-7-16)23-20(25)14-28-13-19(24)22-17-8-4-15(2)5-9-17/h4-11H,3,12-14H2,1-2H3,(H,22,24)(H,23,25). The summed E-state index contributed by atoms with van der Waals surface area (Å²) < 4.78 is 5.05. The maximum absolute atomic E-state index is 12.0. The van der Waals surface area contributed by atoms with Crippen molar-refractivity contribution in [3.05, 3.63) is 59.7 Å². The first-order chi connectivity index (χ1) is 13.5. The van der Waals surface area contributed by atoms with E-state index in [9.17, 15) is 14.4 Å². The molecule has 0 fully saturated rings. The van der Waals surface area contributed by atoms with Crippen molar-refractivity contribution in [2.45, 2.75) is 20.3 Å². The fourth-order valence-electron chi connectivity index (χ4n) is 2.24. The molecule has 0 aliphatic carbocycles. The van der Waals surface area contributed by atoms with Crippen molar-refractivity contribution in [1.82, 2.24) is 0 Å². The number of aryl methyl sites for hydroxylation is 1. The van der Waals surface area contributed by atoms with Gasteiger partial charge in [-0.2, -0.15) is 0 Å². The number of amides is 2. The molecule has 2 aromatic carbocycles. The van der Waals surface area contributed by atoms with E-state index in [1.807, 2.05) is 38.1 Å². The Balaban J connectivity index is 1.71. The van der Waals surface area contributed by atoms with Crippen molar-refractivity contribution < 1.29 is 19.1 Å². The lowest BCUT2D eigenvalue weighted by Gasteiger charge is -2.07. The monoisotopic (exact) mass is 400 g/mol. The van der Waals surface area contributed by atoms with Gasteiger partial charge >= 0.3 is 5.97 Å². The van der Waals surface area contributed by atoms with Gasteiger partial charge in [0.1, 0.15) is 0 Å². The van der Waals surface area contributed by atoms with Gasteiger partial charge in [-0.25, -0.2) is 4.79 Å². The Morgan fingerprint density at radius 3 is 1.86 bits per heavy atom. The zero-order valence-electron chi connectivity index (χ0n) is 16.0. The van der Waals surface area contributed by atoms with E-state index in [0.717, 1.165) is 17.7 Å². The Morgan fingerprint density at radius 1 is 0.857 bits per heavy atom. The predicted molar refractivity (Wildman–Crippen MR) is 113 cm³/mol. The largest absolute Gasteiger partial charge is 0.462 e. The first-order valence-electron chi connectivity index (χ1n) is 8.99. The van der Waals surface area contributed by atoms with Crippen LogP contribution < -0.4 is 10.6 Å². The highest BCUT2D eigenvalue weighted by molar-refractivity contribution is 8.00. The third kappa shape index (κ3) is 7.44. The molecule has 2 N–H and O–H groups in total. The van der Waals surface area contributed by atoms with E-state index in [1.165, 1.54) is 11.8 Å². The summed E-state index contributed by atoms with van der Waals surface area (Å²) in [7, 11) is 0. The second-order valence-electron chi connectivity index (χ2n) is 6.17. The Morgan fingerprint density at radius 2 is 1.36 bits per heavy atom. The molecule has 0 aliphatic heterocycles. The van der Waals surface area contributed by atoms with Crippen LogP contribution in [0.5, 0.6) is 0 Å². The molecule has 2 aromatic rings. The smallest absolute Gasteiger partial charge is 0.338 e. The van der Waals surface area contributed by atoms with Gasteiger partial charge in [0, 0.05) is 11.4 Å². The minimum Gasteiger partial charge on any atom is -0.462 e. The zero-order valence-corrected chi connectivity index (χ0v) is 16.8. The molecule has 7 heteroatoms. The van der Waals surface area contributed by atoms with Gasteiger partial charge in [0.05, 0.1) is 23.7 Å². The highest BCUT2D eigenvalue weighted by Gasteiger charge is 2.09. The molecule has 0 bridgehead atoms. The lowest BCUT2D eigenvalue weighted by molar-refractivity contribution is -0.114. The molecule has 0 atom stereocenters. The highest BCUT2D eigenvalue weighted by Crippen LogP contribution is 2.13. The van der Waals surface area contributed by atoms with Crippen molar-refractivity contribution in [2.24, 2.45) is 0 Å². The molecule has 0 saturated heterocycles. The van der Waals surface area contributed by atoms with Gasteiger partial charge in [-0.3, -0.25) is 9.59 Å². The number of hydrogen-bond donors (Lipinski definition) is 2. The van der Waals surface area contributed by atoms with Crippen LogP contribution >= 0.6 is 11.8 Å². The fraction of sp³-hybridized carbons (Fsp3) is 0.286. The quantitative estimate of drug-likeness (QED) is 0.624. The average Bonchev–Trinajstić information content (AvgIpc) is 2.68. The first-order valence-corrected chi connectivity index (χ1v) is 10.1. The number of esters is 1. The van der Waals surface area contributed by atoms with Crippen LogP contribution in [0.3, 0.4) is 0 Å². The summed E-state index contributed by atoms with van der Waals surface area (Å²) in [6.45, 7) is 4.29. The van der Waals surface area contributed by atoms with E-state index >= 15 is 0 Å². The molecule has 0 radical (unpaired) electrons. The van der Waals surface area contributed by atoms with Gasteiger partial charge < -0.3 is 15.4 Å². The number of carbonyl (C=O) groups is 3. The van der Waals surface area contributed by atoms with Gasteiger partial charge in [-0.05, 0) is 49.7 Å². The van der Waals surface area contributed by atoms with Gasteiger partial charge in [0.15, 0.2) is 0 Å². The second-order valence-corrected chi connectivity index (χ2v) is 7.15. The lowest BCUT2D eigenvalue weighted by atomic mass is 10.2. The first kappa shape index (κ1) is 21.5. The van der Waals surface area contributed by atoms with Gasteiger partial charge in [0.2, 0.25) is 11.8 Å². The Bertz CT molecular complexity index is 804. The average molecular weight is 401 g/mol. The van der Waals surface area contributed by atoms with Crippen LogP contribution in [-0.4, -0.2) is 35.9 Å². The molecule has 0 aromatic heterocycles. The molecule has 0 aliphatic rings. The molecule has 2 rings (SSSR count). The molecule has 0 saturated carbocycles. The summed E-state index contributed by atoms with van der Waals surface area (Å²) in [4.78, 5) is 35.6. The van der Waals surface area contributed by atoms with E-state index in [1.54, 1.807) is 24.3 Å². The molecule has 28 heavy (non-hydrogen) atoms. The summed E-state index contributed by atoms with van der Waals surface area (Å²) in [5, 5.41) is 5.53. The van der Waals surface area contributed by atoms with Crippen molar-refractivity contribution in [2.75, 3.05) is 28.7 Å². The summed E-state index contributed by atoms with van der Waals surface area (Å²) in [6.07, 6.45) is 0.764. The fourth-order valence-corrected chi connectivity index (χ4v) is 2.85. The third-order valence-electron chi connectivity index (χ3n) is 3.64. The van der Waals surface area contributed by atoms with E-state index in [4.69, 9.17) is 4.74 Å².